The minimum atomic E-state index is -0.468. The highest BCUT2D eigenvalue weighted by Gasteiger charge is 2.27. The van der Waals surface area contributed by atoms with Crippen molar-refractivity contribution in [2.45, 2.75) is 18.6 Å². The fraction of sp³-hybridized carbons (Fsp3) is 0.250. The van der Waals surface area contributed by atoms with Crippen LogP contribution in [-0.2, 0) is 4.79 Å². The molecule has 6 nitrogen and oxygen atoms in total. The van der Waals surface area contributed by atoms with Gasteiger partial charge in [0.05, 0.1) is 24.0 Å². The Balaban J connectivity index is 1.59. The molecule has 0 bridgehead atoms. The van der Waals surface area contributed by atoms with Gasteiger partial charge in [-0.1, -0.05) is 22.0 Å². The standard InChI is InChI=1S/C16H16BrN3O3/c17-10-2-1-3-13(6-10)23-15-5-4-11(8-19-15)20-16(22)14-7-12(21)9-18-14/h1-6,8,12,14,18,21H,7,9H2,(H,20,22). The zero-order chi connectivity index (χ0) is 16.2. The average Bonchev–Trinajstić information content (AvgIpc) is 2.96. The van der Waals surface area contributed by atoms with Gasteiger partial charge in [-0.25, -0.2) is 4.98 Å². The first-order valence-electron chi connectivity index (χ1n) is 7.22. The molecule has 1 fully saturated rings. The highest BCUT2D eigenvalue weighted by atomic mass is 79.9. The molecule has 23 heavy (non-hydrogen) atoms. The maximum absolute atomic E-state index is 12.0. The molecule has 1 aromatic heterocycles. The fourth-order valence-corrected chi connectivity index (χ4v) is 2.69. The van der Waals surface area contributed by atoms with Crippen molar-refractivity contribution >= 4 is 27.5 Å². The molecule has 1 saturated heterocycles. The van der Waals surface area contributed by atoms with Crippen LogP contribution >= 0.6 is 15.9 Å². The molecule has 0 aliphatic carbocycles. The van der Waals surface area contributed by atoms with Crippen LogP contribution in [0.4, 0.5) is 5.69 Å². The molecule has 0 spiro atoms. The molecular weight excluding hydrogens is 362 g/mol. The normalized spacial score (nSPS) is 20.3. The maximum atomic E-state index is 12.0. The Morgan fingerprint density at radius 3 is 2.91 bits per heavy atom. The highest BCUT2D eigenvalue weighted by Crippen LogP contribution is 2.23. The SMILES string of the molecule is O=C(Nc1ccc(Oc2cccc(Br)c2)nc1)C1CC(O)CN1. The third-order valence-electron chi connectivity index (χ3n) is 3.45. The summed E-state index contributed by atoms with van der Waals surface area (Å²) in [6, 6.07) is 10.5. The second-order valence-electron chi connectivity index (χ2n) is 5.28. The molecule has 3 N–H and O–H groups in total. The van der Waals surface area contributed by atoms with Gasteiger partial charge >= 0.3 is 0 Å². The van der Waals surface area contributed by atoms with Gasteiger partial charge in [-0.05, 0) is 30.7 Å². The van der Waals surface area contributed by atoms with Crippen LogP contribution in [0.1, 0.15) is 6.42 Å². The number of anilines is 1. The van der Waals surface area contributed by atoms with Crippen LogP contribution in [0.15, 0.2) is 47.1 Å². The van der Waals surface area contributed by atoms with E-state index in [0.29, 0.717) is 30.3 Å². The van der Waals surface area contributed by atoms with Crippen molar-refractivity contribution < 1.29 is 14.6 Å². The lowest BCUT2D eigenvalue weighted by Gasteiger charge is -2.11. The molecule has 0 radical (unpaired) electrons. The van der Waals surface area contributed by atoms with Crippen molar-refractivity contribution in [3.8, 4) is 11.6 Å². The third kappa shape index (κ3) is 4.28. The number of halogens is 1. The van der Waals surface area contributed by atoms with E-state index in [9.17, 15) is 9.90 Å². The van der Waals surface area contributed by atoms with E-state index < -0.39 is 6.10 Å². The summed E-state index contributed by atoms with van der Waals surface area (Å²) in [7, 11) is 0. The van der Waals surface area contributed by atoms with E-state index in [1.165, 1.54) is 6.20 Å². The van der Waals surface area contributed by atoms with Gasteiger partial charge in [-0.2, -0.15) is 0 Å². The molecule has 1 aliphatic rings. The van der Waals surface area contributed by atoms with Crippen molar-refractivity contribution in [1.82, 2.24) is 10.3 Å². The smallest absolute Gasteiger partial charge is 0.241 e. The molecule has 3 rings (SSSR count). The number of nitrogens with one attached hydrogen (secondary N) is 2. The number of ether oxygens (including phenoxy) is 1. The Kier molecular flexibility index (Phi) is 4.90. The summed E-state index contributed by atoms with van der Waals surface area (Å²) < 4.78 is 6.56. The Hall–Kier alpha value is -1.96. The second kappa shape index (κ2) is 7.08. The first kappa shape index (κ1) is 15.9. The summed E-state index contributed by atoms with van der Waals surface area (Å²) in [6.45, 7) is 0.440. The van der Waals surface area contributed by atoms with E-state index in [1.807, 2.05) is 24.3 Å². The molecule has 2 unspecified atom stereocenters. The number of pyridine rings is 1. The van der Waals surface area contributed by atoms with Crippen LogP contribution in [-0.4, -0.2) is 34.7 Å². The number of carbonyl (C=O) groups excluding carboxylic acids is 1. The number of carbonyl (C=O) groups is 1. The van der Waals surface area contributed by atoms with E-state index in [0.717, 1.165) is 4.47 Å². The summed E-state index contributed by atoms with van der Waals surface area (Å²) in [5, 5.41) is 15.2. The zero-order valence-corrected chi connectivity index (χ0v) is 13.8. The number of nitrogens with zero attached hydrogens (tertiary/aromatic N) is 1. The van der Waals surface area contributed by atoms with Gasteiger partial charge in [0.25, 0.3) is 0 Å². The highest BCUT2D eigenvalue weighted by molar-refractivity contribution is 9.10. The molecule has 2 aromatic rings. The quantitative estimate of drug-likeness (QED) is 0.761. The molecule has 120 valence electrons. The minimum Gasteiger partial charge on any atom is -0.439 e. The van der Waals surface area contributed by atoms with Crippen LogP contribution in [0.5, 0.6) is 11.6 Å². The topological polar surface area (TPSA) is 83.5 Å². The zero-order valence-electron chi connectivity index (χ0n) is 12.2. The Bertz CT molecular complexity index is 693. The van der Waals surface area contributed by atoms with E-state index in [4.69, 9.17) is 4.74 Å². The van der Waals surface area contributed by atoms with Gasteiger partial charge in [0.2, 0.25) is 11.8 Å². The molecule has 7 heteroatoms. The first-order valence-corrected chi connectivity index (χ1v) is 8.01. The lowest BCUT2D eigenvalue weighted by atomic mass is 10.2. The van der Waals surface area contributed by atoms with Crippen LogP contribution in [0.25, 0.3) is 0 Å². The largest absolute Gasteiger partial charge is 0.439 e. The van der Waals surface area contributed by atoms with Crippen LogP contribution < -0.4 is 15.4 Å². The molecule has 0 saturated carbocycles. The predicted molar refractivity (Wildman–Crippen MR) is 89.5 cm³/mol. The number of amides is 1. The number of β-amino-alcohol motifs (C(OH)–C–C–N with tert-alkyl or cyclic N) is 1. The van der Waals surface area contributed by atoms with Crippen molar-refractivity contribution in [1.29, 1.82) is 0 Å². The first-order chi connectivity index (χ1) is 11.1. The van der Waals surface area contributed by atoms with Gasteiger partial charge in [0.1, 0.15) is 5.75 Å². The van der Waals surface area contributed by atoms with E-state index in [1.54, 1.807) is 12.1 Å². The number of hydrogen-bond acceptors (Lipinski definition) is 5. The molecule has 1 aliphatic heterocycles. The average molecular weight is 378 g/mol. The van der Waals surface area contributed by atoms with Crippen LogP contribution in [0.2, 0.25) is 0 Å². The second-order valence-corrected chi connectivity index (χ2v) is 6.20. The number of aliphatic hydroxyl groups excluding tert-OH is 1. The Morgan fingerprint density at radius 2 is 2.26 bits per heavy atom. The van der Waals surface area contributed by atoms with E-state index in [2.05, 4.69) is 31.5 Å². The molecule has 2 atom stereocenters. The summed E-state index contributed by atoms with van der Waals surface area (Å²) >= 11 is 3.38. The molecule has 1 aromatic carbocycles. The van der Waals surface area contributed by atoms with E-state index in [-0.39, 0.29) is 11.9 Å². The fourth-order valence-electron chi connectivity index (χ4n) is 2.31. The van der Waals surface area contributed by atoms with Gasteiger partial charge < -0.3 is 20.5 Å². The monoisotopic (exact) mass is 377 g/mol. The molecular formula is C16H16BrN3O3. The van der Waals surface area contributed by atoms with Gasteiger partial charge in [0.15, 0.2) is 0 Å². The number of benzene rings is 1. The minimum absolute atomic E-state index is 0.177. The lowest BCUT2D eigenvalue weighted by molar-refractivity contribution is -0.117. The summed E-state index contributed by atoms with van der Waals surface area (Å²) in [4.78, 5) is 16.2. The number of hydrogen-bond donors (Lipinski definition) is 3. The van der Waals surface area contributed by atoms with E-state index >= 15 is 0 Å². The Labute approximate surface area is 142 Å². The number of aliphatic hydroxyl groups is 1. The maximum Gasteiger partial charge on any atom is 0.241 e. The van der Waals surface area contributed by atoms with Crippen LogP contribution in [0.3, 0.4) is 0 Å². The number of aromatic nitrogens is 1. The lowest BCUT2D eigenvalue weighted by Crippen LogP contribution is -2.35. The molecule has 1 amide bonds. The van der Waals surface area contributed by atoms with Crippen molar-refractivity contribution in [3.05, 3.63) is 47.1 Å². The third-order valence-corrected chi connectivity index (χ3v) is 3.94. The number of rotatable bonds is 4. The van der Waals surface area contributed by atoms with Crippen molar-refractivity contribution in [2.75, 3.05) is 11.9 Å². The van der Waals surface area contributed by atoms with Crippen molar-refractivity contribution in [3.63, 3.8) is 0 Å². The van der Waals surface area contributed by atoms with Crippen LogP contribution in [0, 0.1) is 0 Å². The van der Waals surface area contributed by atoms with Gasteiger partial charge in [-0.3, -0.25) is 4.79 Å². The van der Waals surface area contributed by atoms with Crippen molar-refractivity contribution in [2.24, 2.45) is 0 Å². The predicted octanol–water partition coefficient (Wildman–Crippen LogP) is 2.30. The Morgan fingerprint density at radius 1 is 1.39 bits per heavy atom. The summed E-state index contributed by atoms with van der Waals surface area (Å²) in [6.07, 6.45) is 1.49. The summed E-state index contributed by atoms with van der Waals surface area (Å²) in [5.74, 6) is 0.937. The summed E-state index contributed by atoms with van der Waals surface area (Å²) in [5.41, 5.74) is 0.583. The van der Waals surface area contributed by atoms with Gasteiger partial charge in [-0.15, -0.1) is 0 Å². The van der Waals surface area contributed by atoms with Gasteiger partial charge in [0, 0.05) is 17.1 Å². The molecule has 2 heterocycles.